The molecular weight excluding hydrogens is 191 g/mol. The van der Waals surface area contributed by atoms with Crippen LogP contribution in [0.2, 0.25) is 0 Å². The zero-order valence-corrected chi connectivity index (χ0v) is 8.11. The first-order valence-corrected chi connectivity index (χ1v) is 5.77. The summed E-state index contributed by atoms with van der Waals surface area (Å²) in [6, 6.07) is 0. The fourth-order valence-corrected chi connectivity index (χ4v) is 2.51. The van der Waals surface area contributed by atoms with Crippen molar-refractivity contribution in [2.75, 3.05) is 18.9 Å². The summed E-state index contributed by atoms with van der Waals surface area (Å²) in [6.07, 6.45) is 5.19. The Morgan fingerprint density at radius 3 is 2.92 bits per heavy atom. The Bertz CT molecular complexity index is 204. The molecule has 74 valence electrons. The second-order valence-corrected chi connectivity index (χ2v) is 4.72. The molecule has 0 saturated carbocycles. The first-order valence-electron chi connectivity index (χ1n) is 4.14. The molecule has 0 radical (unpaired) electrons. The van der Waals surface area contributed by atoms with Gasteiger partial charge in [-0.2, -0.15) is 0 Å². The molecule has 0 saturated heterocycles. The Balaban J connectivity index is 2.31. The van der Waals surface area contributed by atoms with E-state index < -0.39 is 26.8 Å². The van der Waals surface area contributed by atoms with Crippen molar-refractivity contribution in [1.82, 2.24) is 0 Å². The van der Waals surface area contributed by atoms with Crippen LogP contribution in [0.1, 0.15) is 6.42 Å². The number of carbonyl (C=O) groups excluding carboxylic acids is 1. The summed E-state index contributed by atoms with van der Waals surface area (Å²) >= 11 is 0. The van der Waals surface area contributed by atoms with E-state index in [-0.39, 0.29) is 0 Å². The van der Waals surface area contributed by atoms with E-state index in [9.17, 15) is 4.79 Å². The Labute approximate surface area is 78.0 Å². The summed E-state index contributed by atoms with van der Waals surface area (Å²) in [5.41, 5.74) is 0. The summed E-state index contributed by atoms with van der Waals surface area (Å²) in [4.78, 5) is 11.0. The number of aliphatic hydroxyl groups is 2. The molecule has 0 aromatic heterocycles. The van der Waals surface area contributed by atoms with Crippen molar-refractivity contribution >= 4 is 14.1 Å². The minimum Gasteiger partial charge on any atom is -0.443 e. The van der Waals surface area contributed by atoms with Gasteiger partial charge in [-0.25, -0.2) is 4.79 Å². The lowest BCUT2D eigenvalue weighted by molar-refractivity contribution is -0.144. The first-order chi connectivity index (χ1) is 6.24. The van der Waals surface area contributed by atoms with Gasteiger partial charge in [-0.1, -0.05) is 12.2 Å². The van der Waals surface area contributed by atoms with Crippen molar-refractivity contribution < 1.29 is 19.5 Å². The molecule has 2 atom stereocenters. The van der Waals surface area contributed by atoms with E-state index in [4.69, 9.17) is 14.7 Å². The van der Waals surface area contributed by atoms with Crippen LogP contribution in [0.5, 0.6) is 0 Å². The quantitative estimate of drug-likeness (QED) is 0.510. The summed E-state index contributed by atoms with van der Waals surface area (Å²) in [5.74, 6) is -0.705. The summed E-state index contributed by atoms with van der Waals surface area (Å²) in [5, 5.41) is 17.4. The maximum absolute atomic E-state index is 11.0. The van der Waals surface area contributed by atoms with Crippen molar-refractivity contribution in [3.63, 3.8) is 0 Å². The average Bonchev–Trinajstić information content (AvgIpc) is 2.18. The number of rotatable bonds is 3. The van der Waals surface area contributed by atoms with Gasteiger partial charge in [-0.15, -0.1) is 0 Å². The van der Waals surface area contributed by atoms with E-state index in [0.29, 0.717) is 0 Å². The number of carbonyl (C=O) groups is 1. The fourth-order valence-electron chi connectivity index (χ4n) is 0.965. The van der Waals surface area contributed by atoms with Crippen LogP contribution in [0.3, 0.4) is 0 Å². The molecule has 0 aliphatic carbocycles. The highest BCUT2D eigenvalue weighted by molar-refractivity contribution is 7.53. The Morgan fingerprint density at radius 1 is 1.62 bits per heavy atom. The lowest BCUT2D eigenvalue weighted by Gasteiger charge is -2.18. The fraction of sp³-hybridized carbons (Fsp3) is 0.625. The zero-order valence-electron chi connectivity index (χ0n) is 7.22. The van der Waals surface area contributed by atoms with Crippen LogP contribution in [0.15, 0.2) is 12.2 Å². The molecule has 2 N–H and O–H groups in total. The van der Waals surface area contributed by atoms with E-state index >= 15 is 0 Å². The van der Waals surface area contributed by atoms with Crippen LogP contribution in [0, 0.1) is 0 Å². The number of aliphatic hydroxyl groups excluding tert-OH is 2. The lowest BCUT2D eigenvalue weighted by Crippen LogP contribution is -2.25. The molecule has 2 unspecified atom stereocenters. The van der Waals surface area contributed by atoms with Crippen molar-refractivity contribution in [3.05, 3.63) is 12.2 Å². The predicted molar refractivity (Wildman–Crippen MR) is 49.6 cm³/mol. The minimum absolute atomic E-state index is 0.572. The predicted octanol–water partition coefficient (Wildman–Crippen LogP) is 0.240. The number of allylic oxidation sites excluding steroid dienone is 2. The molecule has 0 aromatic carbocycles. The minimum atomic E-state index is -1.38. The molecule has 0 amide bonds. The average molecular weight is 204 g/mol. The van der Waals surface area contributed by atoms with Gasteiger partial charge in [0.15, 0.2) is 6.10 Å². The van der Waals surface area contributed by atoms with E-state index in [2.05, 4.69) is 6.08 Å². The van der Waals surface area contributed by atoms with Gasteiger partial charge in [0.05, 0.1) is 14.8 Å². The van der Waals surface area contributed by atoms with Crippen LogP contribution in [0.4, 0.5) is 0 Å². The molecule has 1 aliphatic heterocycles. The molecule has 0 bridgehead atoms. The third-order valence-corrected chi connectivity index (χ3v) is 3.50. The topological polar surface area (TPSA) is 66.8 Å². The molecule has 0 aromatic rings. The molecular formula is C8H13O4P. The Kier molecular flexibility index (Phi) is 4.36. The van der Waals surface area contributed by atoms with Crippen molar-refractivity contribution in [2.24, 2.45) is 0 Å². The maximum atomic E-state index is 11.0. The second-order valence-electron chi connectivity index (χ2n) is 2.76. The van der Waals surface area contributed by atoms with E-state index in [1.165, 1.54) is 0 Å². The smallest absolute Gasteiger partial charge is 0.340 e. The Hall–Kier alpha value is -0.440. The van der Waals surface area contributed by atoms with E-state index in [0.717, 1.165) is 18.7 Å². The Morgan fingerprint density at radius 2 is 2.38 bits per heavy atom. The monoisotopic (exact) mass is 204 g/mol. The van der Waals surface area contributed by atoms with Crippen LogP contribution in [-0.2, 0) is 9.32 Å². The van der Waals surface area contributed by atoms with Crippen LogP contribution in [0.25, 0.3) is 0 Å². The van der Waals surface area contributed by atoms with Gasteiger partial charge in [-0.3, -0.25) is 0 Å². The lowest BCUT2D eigenvalue weighted by atomic mass is 10.4. The van der Waals surface area contributed by atoms with Crippen LogP contribution in [-0.4, -0.2) is 41.2 Å². The standard InChI is InChI=1S/C8H13O4P/c9-6-7(10)8(11)12-13-4-2-1-3-5-13/h1-2,7,9-10H,3-6H2. The van der Waals surface area contributed by atoms with Gasteiger partial charge >= 0.3 is 5.97 Å². The molecule has 1 heterocycles. The molecule has 0 fully saturated rings. The van der Waals surface area contributed by atoms with Gasteiger partial charge in [0, 0.05) is 12.3 Å². The number of hydrogen-bond donors (Lipinski definition) is 2. The van der Waals surface area contributed by atoms with E-state index in [1.807, 2.05) is 6.08 Å². The van der Waals surface area contributed by atoms with Crippen molar-refractivity contribution in [1.29, 1.82) is 0 Å². The number of hydrogen-bond acceptors (Lipinski definition) is 4. The molecule has 1 rings (SSSR count). The zero-order chi connectivity index (χ0) is 9.68. The normalized spacial score (nSPS) is 24.0. The van der Waals surface area contributed by atoms with Gasteiger partial charge in [-0.05, 0) is 6.42 Å². The summed E-state index contributed by atoms with van der Waals surface area (Å²) in [7, 11) is -0.757. The highest BCUT2D eigenvalue weighted by atomic mass is 31.1. The third-order valence-electron chi connectivity index (χ3n) is 1.68. The van der Waals surface area contributed by atoms with Gasteiger partial charge in [0.2, 0.25) is 0 Å². The second kappa shape index (κ2) is 5.32. The highest BCUT2D eigenvalue weighted by Gasteiger charge is 2.20. The molecule has 1 aliphatic rings. The van der Waals surface area contributed by atoms with Gasteiger partial charge in [0.25, 0.3) is 0 Å². The van der Waals surface area contributed by atoms with Gasteiger partial charge < -0.3 is 14.7 Å². The van der Waals surface area contributed by atoms with Crippen molar-refractivity contribution in [2.45, 2.75) is 12.5 Å². The van der Waals surface area contributed by atoms with E-state index in [1.54, 1.807) is 0 Å². The van der Waals surface area contributed by atoms with Crippen LogP contribution < -0.4 is 0 Å². The largest absolute Gasteiger partial charge is 0.443 e. The first kappa shape index (κ1) is 10.6. The molecule has 5 heteroatoms. The summed E-state index contributed by atoms with van der Waals surface area (Å²) in [6.45, 7) is -0.572. The third kappa shape index (κ3) is 3.43. The maximum Gasteiger partial charge on any atom is 0.340 e. The summed E-state index contributed by atoms with van der Waals surface area (Å²) < 4.78 is 5.01. The van der Waals surface area contributed by atoms with Gasteiger partial charge in [0.1, 0.15) is 0 Å². The molecule has 13 heavy (non-hydrogen) atoms. The molecule has 0 spiro atoms. The highest BCUT2D eigenvalue weighted by Crippen LogP contribution is 2.40. The SMILES string of the molecule is O=C(OP1CC=CCC1)C(O)CO. The van der Waals surface area contributed by atoms with Crippen LogP contribution >= 0.6 is 8.15 Å². The molecule has 4 nitrogen and oxygen atoms in total. The van der Waals surface area contributed by atoms with Crippen molar-refractivity contribution in [3.8, 4) is 0 Å².